The van der Waals surface area contributed by atoms with Gasteiger partial charge in [0.1, 0.15) is 5.69 Å². The number of carbonyl (C=O) groups excluding carboxylic acids is 1. The zero-order valence-corrected chi connectivity index (χ0v) is 11.3. The summed E-state index contributed by atoms with van der Waals surface area (Å²) in [6, 6.07) is 12.8. The Kier molecular flexibility index (Phi) is 2.95. The van der Waals surface area contributed by atoms with Crippen molar-refractivity contribution in [3.63, 3.8) is 0 Å². The highest BCUT2D eigenvalue weighted by molar-refractivity contribution is 6.02. The van der Waals surface area contributed by atoms with E-state index in [1.807, 2.05) is 44.2 Å². The molecule has 0 saturated carbocycles. The van der Waals surface area contributed by atoms with E-state index >= 15 is 0 Å². The van der Waals surface area contributed by atoms with Gasteiger partial charge in [0.05, 0.1) is 11.4 Å². The first-order valence-corrected chi connectivity index (χ1v) is 6.34. The van der Waals surface area contributed by atoms with Crippen molar-refractivity contribution in [1.82, 2.24) is 14.6 Å². The zero-order valence-electron chi connectivity index (χ0n) is 11.3. The van der Waals surface area contributed by atoms with Crippen LogP contribution in [0, 0.1) is 13.8 Å². The lowest BCUT2D eigenvalue weighted by atomic mass is 10.3. The first kappa shape index (κ1) is 12.3. The van der Waals surface area contributed by atoms with E-state index in [1.165, 1.54) is 0 Å². The first-order chi connectivity index (χ1) is 9.65. The van der Waals surface area contributed by atoms with E-state index in [2.05, 4.69) is 15.4 Å². The first-order valence-electron chi connectivity index (χ1n) is 6.34. The van der Waals surface area contributed by atoms with Crippen molar-refractivity contribution in [2.75, 3.05) is 5.32 Å². The average Bonchev–Trinajstić information content (AvgIpc) is 2.75. The highest BCUT2D eigenvalue weighted by atomic mass is 16.1. The lowest BCUT2D eigenvalue weighted by Crippen LogP contribution is -2.15. The number of hydrogen-bond donors (Lipinski definition) is 1. The van der Waals surface area contributed by atoms with Crippen LogP contribution in [0.25, 0.3) is 5.65 Å². The fraction of sp³-hybridized carbons (Fsp3) is 0.133. The van der Waals surface area contributed by atoms with Crippen molar-refractivity contribution in [3.8, 4) is 0 Å². The third-order valence-electron chi connectivity index (χ3n) is 3.20. The topological polar surface area (TPSA) is 59.3 Å². The molecule has 0 aliphatic rings. The quantitative estimate of drug-likeness (QED) is 0.775. The summed E-state index contributed by atoms with van der Waals surface area (Å²) in [6.45, 7) is 3.86. The highest BCUT2D eigenvalue weighted by Gasteiger charge is 2.11. The van der Waals surface area contributed by atoms with Crippen LogP contribution in [0.15, 0.2) is 42.5 Å². The summed E-state index contributed by atoms with van der Waals surface area (Å²) >= 11 is 0. The van der Waals surface area contributed by atoms with Gasteiger partial charge in [-0.1, -0.05) is 18.2 Å². The molecule has 0 aliphatic heterocycles. The summed E-state index contributed by atoms with van der Waals surface area (Å²) in [7, 11) is 0. The van der Waals surface area contributed by atoms with Gasteiger partial charge in [0.25, 0.3) is 5.91 Å². The van der Waals surface area contributed by atoms with Crippen LogP contribution in [0.1, 0.15) is 21.9 Å². The van der Waals surface area contributed by atoms with Crippen molar-refractivity contribution >= 4 is 17.2 Å². The Hall–Kier alpha value is -2.69. The molecule has 0 unspecified atom stereocenters. The number of anilines is 1. The molecule has 100 valence electrons. The molecule has 0 bridgehead atoms. The summed E-state index contributed by atoms with van der Waals surface area (Å²) in [4.78, 5) is 16.5. The van der Waals surface area contributed by atoms with Crippen LogP contribution in [0.5, 0.6) is 0 Å². The second-order valence-electron chi connectivity index (χ2n) is 4.59. The fourth-order valence-corrected chi connectivity index (χ4v) is 1.99. The largest absolute Gasteiger partial charge is 0.321 e. The number of nitrogens with one attached hydrogen (secondary N) is 1. The maximum absolute atomic E-state index is 12.2. The Balaban J connectivity index is 1.94. The molecule has 1 aromatic carbocycles. The number of nitrogens with zero attached hydrogens (tertiary/aromatic N) is 3. The number of rotatable bonds is 2. The van der Waals surface area contributed by atoms with Crippen LogP contribution in [0.3, 0.4) is 0 Å². The van der Waals surface area contributed by atoms with E-state index in [4.69, 9.17) is 0 Å². The van der Waals surface area contributed by atoms with Gasteiger partial charge < -0.3 is 5.32 Å². The number of hydrogen-bond acceptors (Lipinski definition) is 3. The number of benzene rings is 1. The molecule has 2 heterocycles. The molecule has 3 aromatic rings. The molecule has 1 amide bonds. The lowest BCUT2D eigenvalue weighted by molar-refractivity contribution is 0.102. The molecule has 2 aromatic heterocycles. The van der Waals surface area contributed by atoms with Crippen LogP contribution in [0.4, 0.5) is 5.69 Å². The van der Waals surface area contributed by atoms with Crippen LogP contribution in [0.2, 0.25) is 0 Å². The molecular weight excluding hydrogens is 252 g/mol. The smallest absolute Gasteiger partial charge is 0.276 e. The Morgan fingerprint density at radius 1 is 1.10 bits per heavy atom. The number of aryl methyl sites for hydroxylation is 2. The van der Waals surface area contributed by atoms with Gasteiger partial charge in [-0.15, -0.1) is 0 Å². The summed E-state index contributed by atoms with van der Waals surface area (Å²) in [5.74, 6) is -0.233. The maximum atomic E-state index is 12.2. The highest BCUT2D eigenvalue weighted by Crippen LogP contribution is 2.11. The average molecular weight is 266 g/mol. The second kappa shape index (κ2) is 4.77. The second-order valence-corrected chi connectivity index (χ2v) is 4.59. The molecule has 5 heteroatoms. The van der Waals surface area contributed by atoms with Crippen LogP contribution >= 0.6 is 0 Å². The van der Waals surface area contributed by atoms with Crippen molar-refractivity contribution in [1.29, 1.82) is 0 Å². The minimum atomic E-state index is -0.233. The van der Waals surface area contributed by atoms with Gasteiger partial charge in [0.2, 0.25) is 0 Å². The number of amides is 1. The number of carbonyl (C=O) groups is 1. The minimum Gasteiger partial charge on any atom is -0.321 e. The number of fused-ring (bicyclic) bond motifs is 1. The number of para-hydroxylation sites is 1. The zero-order chi connectivity index (χ0) is 14.1. The Morgan fingerprint density at radius 2 is 1.85 bits per heavy atom. The van der Waals surface area contributed by atoms with Gasteiger partial charge in [-0.3, -0.25) is 4.79 Å². The Bertz CT molecular complexity index is 777. The van der Waals surface area contributed by atoms with E-state index in [0.717, 1.165) is 22.7 Å². The molecule has 5 nitrogen and oxygen atoms in total. The molecule has 1 N–H and O–H groups in total. The molecule has 3 rings (SSSR count). The van der Waals surface area contributed by atoms with Gasteiger partial charge in [0, 0.05) is 5.69 Å². The van der Waals surface area contributed by atoms with Gasteiger partial charge in [-0.05, 0) is 38.1 Å². The summed E-state index contributed by atoms with van der Waals surface area (Å²) in [6.07, 6.45) is 0. The van der Waals surface area contributed by atoms with Gasteiger partial charge >= 0.3 is 0 Å². The van der Waals surface area contributed by atoms with Gasteiger partial charge in [-0.25, -0.2) is 9.50 Å². The van der Waals surface area contributed by atoms with E-state index in [9.17, 15) is 4.79 Å². The molecule has 0 spiro atoms. The molecule has 0 atom stereocenters. The Morgan fingerprint density at radius 3 is 2.60 bits per heavy atom. The molecule has 0 saturated heterocycles. The van der Waals surface area contributed by atoms with Crippen molar-refractivity contribution < 1.29 is 4.79 Å². The summed E-state index contributed by atoms with van der Waals surface area (Å²) < 4.78 is 1.69. The molecule has 0 radical (unpaired) electrons. The van der Waals surface area contributed by atoms with Crippen LogP contribution < -0.4 is 5.32 Å². The monoisotopic (exact) mass is 266 g/mol. The predicted molar refractivity (Wildman–Crippen MR) is 76.9 cm³/mol. The summed E-state index contributed by atoms with van der Waals surface area (Å²) in [5.41, 5.74) is 3.71. The van der Waals surface area contributed by atoms with Crippen molar-refractivity contribution in [2.45, 2.75) is 13.8 Å². The third-order valence-corrected chi connectivity index (χ3v) is 3.20. The maximum Gasteiger partial charge on any atom is 0.276 e. The molecular formula is C15H14N4O. The van der Waals surface area contributed by atoms with E-state index < -0.39 is 0 Å². The SMILES string of the molecule is Cc1nc2ccc(C(=O)Nc3ccccc3)nn2c1C. The van der Waals surface area contributed by atoms with Crippen LogP contribution in [-0.2, 0) is 0 Å². The van der Waals surface area contributed by atoms with E-state index in [-0.39, 0.29) is 5.91 Å². The van der Waals surface area contributed by atoms with Crippen molar-refractivity contribution in [2.24, 2.45) is 0 Å². The molecule has 0 aliphatic carbocycles. The normalized spacial score (nSPS) is 10.7. The molecule has 20 heavy (non-hydrogen) atoms. The number of aromatic nitrogens is 3. The van der Waals surface area contributed by atoms with E-state index in [1.54, 1.807) is 16.6 Å². The molecule has 0 fully saturated rings. The standard InChI is InChI=1S/C15H14N4O/c1-10-11(2)19-14(16-10)9-8-13(18-19)15(20)17-12-6-4-3-5-7-12/h3-9H,1-2H3,(H,17,20). The van der Waals surface area contributed by atoms with Crippen molar-refractivity contribution in [3.05, 3.63) is 59.5 Å². The third kappa shape index (κ3) is 2.14. The fourth-order valence-electron chi connectivity index (χ4n) is 1.99. The van der Waals surface area contributed by atoms with Crippen LogP contribution in [-0.4, -0.2) is 20.5 Å². The minimum absolute atomic E-state index is 0.233. The van der Waals surface area contributed by atoms with E-state index in [0.29, 0.717) is 5.69 Å². The Labute approximate surface area is 116 Å². The number of imidazole rings is 1. The van der Waals surface area contributed by atoms with Gasteiger partial charge in [0.15, 0.2) is 5.65 Å². The van der Waals surface area contributed by atoms with Gasteiger partial charge in [-0.2, -0.15) is 5.10 Å². The lowest BCUT2D eigenvalue weighted by Gasteiger charge is -2.05. The predicted octanol–water partition coefficient (Wildman–Crippen LogP) is 2.60. The summed E-state index contributed by atoms with van der Waals surface area (Å²) in [5, 5.41) is 7.15.